The summed E-state index contributed by atoms with van der Waals surface area (Å²) >= 11 is 0. The lowest BCUT2D eigenvalue weighted by Gasteiger charge is -2.35. The Labute approximate surface area is 212 Å². The first-order chi connectivity index (χ1) is 17.3. The summed E-state index contributed by atoms with van der Waals surface area (Å²) in [6, 6.07) is 8.69. The van der Waals surface area contributed by atoms with E-state index in [1.807, 2.05) is 30.3 Å². The molecule has 1 saturated heterocycles. The highest BCUT2D eigenvalue weighted by molar-refractivity contribution is 5.83. The molecular formula is C27H38N4O5. The van der Waals surface area contributed by atoms with Gasteiger partial charge in [-0.25, -0.2) is 0 Å². The van der Waals surface area contributed by atoms with Gasteiger partial charge in [0.2, 0.25) is 5.91 Å². The van der Waals surface area contributed by atoms with E-state index in [-0.39, 0.29) is 18.9 Å². The smallest absolute Gasteiger partial charge is 0.324 e. The van der Waals surface area contributed by atoms with Crippen LogP contribution in [-0.2, 0) is 4.79 Å². The summed E-state index contributed by atoms with van der Waals surface area (Å²) in [5.74, 6) is 1.90. The zero-order valence-corrected chi connectivity index (χ0v) is 21.2. The number of piperidine rings is 1. The van der Waals surface area contributed by atoms with Crippen molar-refractivity contribution in [1.82, 2.24) is 10.1 Å². The van der Waals surface area contributed by atoms with E-state index in [1.54, 1.807) is 0 Å². The second-order valence-electron chi connectivity index (χ2n) is 10.5. The van der Waals surface area contributed by atoms with E-state index < -0.39 is 17.4 Å². The number of nitrogens with two attached hydrogens (primary N) is 1. The molecule has 1 aliphatic carbocycles. The summed E-state index contributed by atoms with van der Waals surface area (Å²) in [6.45, 7) is 6.16. The quantitative estimate of drug-likeness (QED) is 0.454. The lowest BCUT2D eigenvalue weighted by atomic mass is 9.70. The molecular weight excluding hydrogens is 460 g/mol. The molecule has 2 aliphatic rings. The van der Waals surface area contributed by atoms with Crippen LogP contribution in [0.5, 0.6) is 5.75 Å². The van der Waals surface area contributed by atoms with E-state index in [4.69, 9.17) is 15.0 Å². The molecule has 9 nitrogen and oxygen atoms in total. The van der Waals surface area contributed by atoms with Crippen LogP contribution in [0.3, 0.4) is 0 Å². The van der Waals surface area contributed by atoms with Crippen LogP contribution in [0.2, 0.25) is 0 Å². The maximum Gasteiger partial charge on any atom is 0.324 e. The largest absolute Gasteiger partial charge is 0.493 e. The summed E-state index contributed by atoms with van der Waals surface area (Å²) in [6.07, 6.45) is 5.02. The number of amides is 1. The summed E-state index contributed by atoms with van der Waals surface area (Å²) in [7, 11) is 0. The van der Waals surface area contributed by atoms with Gasteiger partial charge in [-0.15, -0.1) is 0 Å². The van der Waals surface area contributed by atoms with E-state index in [1.165, 1.54) is 0 Å². The van der Waals surface area contributed by atoms with Gasteiger partial charge in [-0.05, 0) is 67.7 Å². The first-order valence-corrected chi connectivity index (χ1v) is 12.9. The Morgan fingerprint density at radius 2 is 2.00 bits per heavy atom. The van der Waals surface area contributed by atoms with Crippen LogP contribution < -0.4 is 15.4 Å². The molecule has 0 saturated carbocycles. The number of allylic oxidation sites excluding steroid dienone is 2. The molecule has 4 rings (SSSR count). The fourth-order valence-electron chi connectivity index (χ4n) is 5.04. The summed E-state index contributed by atoms with van der Waals surface area (Å²) < 4.78 is 11.5. The predicted octanol–water partition coefficient (Wildman–Crippen LogP) is 3.27. The second-order valence-corrected chi connectivity index (χ2v) is 10.5. The molecule has 0 bridgehead atoms. The van der Waals surface area contributed by atoms with Gasteiger partial charge in [-0.2, -0.15) is 4.98 Å². The van der Waals surface area contributed by atoms with E-state index in [2.05, 4.69) is 28.9 Å². The van der Waals surface area contributed by atoms with Gasteiger partial charge in [-0.1, -0.05) is 37.2 Å². The molecule has 4 N–H and O–H groups in total. The van der Waals surface area contributed by atoms with Gasteiger partial charge in [-0.3, -0.25) is 4.79 Å². The number of aromatic nitrogens is 2. The summed E-state index contributed by atoms with van der Waals surface area (Å²) in [5, 5.41) is 23.1. The molecule has 1 unspecified atom stereocenters. The first kappa shape index (κ1) is 26.2. The van der Waals surface area contributed by atoms with Crippen molar-refractivity contribution >= 4 is 17.5 Å². The van der Waals surface area contributed by atoms with Crippen LogP contribution in [0.4, 0.5) is 6.01 Å². The van der Waals surface area contributed by atoms with Gasteiger partial charge in [0.15, 0.2) is 5.82 Å². The van der Waals surface area contributed by atoms with Gasteiger partial charge in [0.1, 0.15) is 5.75 Å². The summed E-state index contributed by atoms with van der Waals surface area (Å²) in [5.41, 5.74) is 7.11. The fraction of sp³-hybridized carbons (Fsp3) is 0.593. The van der Waals surface area contributed by atoms with Crippen molar-refractivity contribution in [2.45, 2.75) is 64.4 Å². The number of anilines is 1. The second kappa shape index (κ2) is 11.4. The normalized spacial score (nSPS) is 21.9. The molecule has 36 heavy (non-hydrogen) atoms. The molecule has 1 fully saturated rings. The maximum absolute atomic E-state index is 12.1. The lowest BCUT2D eigenvalue weighted by Crippen LogP contribution is -2.41. The van der Waals surface area contributed by atoms with Crippen LogP contribution >= 0.6 is 0 Å². The van der Waals surface area contributed by atoms with Gasteiger partial charge in [0, 0.05) is 19.0 Å². The average molecular weight is 499 g/mol. The molecule has 2 aromatic rings. The maximum atomic E-state index is 12.1. The molecule has 1 aromatic heterocycles. The van der Waals surface area contributed by atoms with Crippen molar-refractivity contribution in [1.29, 1.82) is 0 Å². The van der Waals surface area contributed by atoms with Crippen molar-refractivity contribution in [2.24, 2.45) is 17.1 Å². The third-order valence-electron chi connectivity index (χ3n) is 7.52. The first-order valence-electron chi connectivity index (χ1n) is 12.9. The lowest BCUT2D eigenvalue weighted by molar-refractivity contribution is -0.130. The van der Waals surface area contributed by atoms with Crippen LogP contribution in [0.1, 0.15) is 69.7 Å². The highest BCUT2D eigenvalue weighted by Crippen LogP contribution is 2.42. The standard InChI is InChI=1S/C27H38N4O5/c1-18(2)24-29-26(36-30-24)31-13-9-19(10-14-31)17-35-23-5-3-20(4-6-23)21-7-11-27(12-8-21,25(28)34)15-22(33)16-32/h3-7,18-19,22,32-33H,8-17H2,1-2H3,(H2,28,34)/t22-,27?/m1/s1. The Bertz CT molecular complexity index is 1040. The van der Waals surface area contributed by atoms with Crippen molar-refractivity contribution < 1.29 is 24.3 Å². The van der Waals surface area contributed by atoms with E-state index >= 15 is 0 Å². The highest BCUT2D eigenvalue weighted by atomic mass is 16.5. The number of aliphatic hydroxyl groups excluding tert-OH is 2. The predicted molar refractivity (Wildman–Crippen MR) is 136 cm³/mol. The minimum atomic E-state index is -0.937. The van der Waals surface area contributed by atoms with Crippen molar-refractivity contribution in [3.05, 3.63) is 41.7 Å². The third-order valence-corrected chi connectivity index (χ3v) is 7.52. The zero-order chi connectivity index (χ0) is 25.7. The van der Waals surface area contributed by atoms with Crippen LogP contribution in [0.15, 0.2) is 34.9 Å². The van der Waals surface area contributed by atoms with Gasteiger partial charge in [0.05, 0.1) is 24.7 Å². The number of hydrogen-bond donors (Lipinski definition) is 3. The van der Waals surface area contributed by atoms with Gasteiger partial charge < -0.3 is 30.1 Å². The Balaban J connectivity index is 1.26. The molecule has 9 heteroatoms. The summed E-state index contributed by atoms with van der Waals surface area (Å²) in [4.78, 5) is 18.8. The average Bonchev–Trinajstić information content (AvgIpc) is 3.39. The van der Waals surface area contributed by atoms with E-state index in [9.17, 15) is 15.0 Å². The topological polar surface area (TPSA) is 135 Å². The van der Waals surface area contributed by atoms with Crippen molar-refractivity contribution in [3.8, 4) is 5.75 Å². The molecule has 2 atom stereocenters. The number of rotatable bonds is 10. The van der Waals surface area contributed by atoms with Crippen LogP contribution in [0.25, 0.3) is 5.57 Å². The number of carbonyl (C=O) groups is 1. The van der Waals surface area contributed by atoms with Crippen LogP contribution in [-0.4, -0.2) is 58.7 Å². The number of carbonyl (C=O) groups excluding carboxylic acids is 1. The highest BCUT2D eigenvalue weighted by Gasteiger charge is 2.39. The van der Waals surface area contributed by atoms with Crippen molar-refractivity contribution in [2.75, 3.05) is 31.2 Å². The molecule has 0 radical (unpaired) electrons. The molecule has 2 heterocycles. The number of aliphatic hydroxyl groups is 2. The molecule has 1 amide bonds. The number of ether oxygens (including phenoxy) is 1. The Morgan fingerprint density at radius 3 is 2.56 bits per heavy atom. The number of primary amides is 1. The monoisotopic (exact) mass is 498 g/mol. The van der Waals surface area contributed by atoms with Crippen LogP contribution in [0, 0.1) is 11.3 Å². The Kier molecular flexibility index (Phi) is 8.31. The third kappa shape index (κ3) is 6.07. The van der Waals surface area contributed by atoms with E-state index in [0.29, 0.717) is 37.8 Å². The number of nitrogens with zero attached hydrogens (tertiary/aromatic N) is 3. The van der Waals surface area contributed by atoms with Gasteiger partial charge >= 0.3 is 6.01 Å². The molecule has 1 aliphatic heterocycles. The molecule has 0 spiro atoms. The number of benzene rings is 1. The minimum Gasteiger partial charge on any atom is -0.493 e. The molecule has 196 valence electrons. The fourth-order valence-corrected chi connectivity index (χ4v) is 5.04. The van der Waals surface area contributed by atoms with Crippen molar-refractivity contribution in [3.63, 3.8) is 0 Å². The zero-order valence-electron chi connectivity index (χ0n) is 21.2. The SMILES string of the molecule is CC(C)c1noc(N2CCC(COc3ccc(C4=CCC(C[C@@H](O)CO)(C(N)=O)CC4)cc3)CC2)n1. The Hall–Kier alpha value is -2.91. The van der Waals surface area contributed by atoms with E-state index in [0.717, 1.165) is 48.6 Å². The Morgan fingerprint density at radius 1 is 1.28 bits per heavy atom. The minimum absolute atomic E-state index is 0.183. The number of hydrogen-bond acceptors (Lipinski definition) is 8. The molecule has 1 aromatic carbocycles. The van der Waals surface area contributed by atoms with Gasteiger partial charge in [0.25, 0.3) is 0 Å².